The number of hydrogen-bond acceptors (Lipinski definition) is 3. The van der Waals surface area contributed by atoms with E-state index < -0.39 is 5.97 Å². The summed E-state index contributed by atoms with van der Waals surface area (Å²) in [5.41, 5.74) is 2.25. The zero-order chi connectivity index (χ0) is 37.6. The number of carbonyl (C=O) groups excluding carboxylic acids is 1. The Morgan fingerprint density at radius 3 is 2.02 bits per heavy atom. The van der Waals surface area contributed by atoms with Gasteiger partial charge in [0.05, 0.1) is 0 Å². The molecule has 5 aliphatic carbocycles. The molecule has 4 heteroatoms. The number of allylic oxidation sites excluding steroid dienone is 3. The number of rotatable bonds is 21. The summed E-state index contributed by atoms with van der Waals surface area (Å²) in [6.07, 6.45) is 37.7. The number of ether oxygens (including phenoxy) is 1. The van der Waals surface area contributed by atoms with Crippen LogP contribution in [0.5, 0.6) is 0 Å². The van der Waals surface area contributed by atoms with Crippen molar-refractivity contribution < 1.29 is 19.4 Å². The Bertz CT molecular complexity index is 1260. The van der Waals surface area contributed by atoms with Gasteiger partial charge in [-0.05, 0) is 149 Å². The monoisotopic (exact) mass is 721 g/mol. The van der Waals surface area contributed by atoms with Gasteiger partial charge in [-0.3, -0.25) is 4.79 Å². The van der Waals surface area contributed by atoms with Gasteiger partial charge in [0.1, 0.15) is 6.10 Å². The molecule has 0 radical (unpaired) electrons. The van der Waals surface area contributed by atoms with E-state index in [4.69, 9.17) is 4.74 Å². The van der Waals surface area contributed by atoms with E-state index in [0.717, 1.165) is 43.9 Å². The third-order valence-corrected chi connectivity index (χ3v) is 17.1. The van der Waals surface area contributed by atoms with Crippen molar-refractivity contribution in [1.29, 1.82) is 0 Å². The van der Waals surface area contributed by atoms with E-state index in [0.29, 0.717) is 45.5 Å². The van der Waals surface area contributed by atoms with Crippen molar-refractivity contribution in [2.24, 2.45) is 50.7 Å². The zero-order valence-electron chi connectivity index (χ0n) is 35.0. The minimum absolute atomic E-state index is 0.0453. The highest BCUT2D eigenvalue weighted by Gasteiger charge is 2.82. The van der Waals surface area contributed by atoms with E-state index in [9.17, 15) is 14.7 Å². The zero-order valence-corrected chi connectivity index (χ0v) is 35.0. The van der Waals surface area contributed by atoms with E-state index in [1.807, 2.05) is 6.08 Å². The lowest BCUT2D eigenvalue weighted by Gasteiger charge is -2.63. The smallest absolute Gasteiger partial charge is 0.330 e. The van der Waals surface area contributed by atoms with Gasteiger partial charge in [-0.25, -0.2) is 4.79 Å². The summed E-state index contributed by atoms with van der Waals surface area (Å²) < 4.78 is 6.40. The lowest BCUT2D eigenvalue weighted by atomic mass is 9.41. The van der Waals surface area contributed by atoms with Crippen molar-refractivity contribution in [2.45, 2.75) is 215 Å². The number of carbonyl (C=O) groups is 2. The predicted octanol–water partition coefficient (Wildman–Crippen LogP) is 13.8. The summed E-state index contributed by atoms with van der Waals surface area (Å²) in [7, 11) is 0. The molecule has 5 fully saturated rings. The van der Waals surface area contributed by atoms with Crippen LogP contribution in [0.1, 0.15) is 209 Å². The van der Waals surface area contributed by atoms with Crippen molar-refractivity contribution in [1.82, 2.24) is 0 Å². The van der Waals surface area contributed by atoms with Crippen molar-refractivity contribution in [3.05, 3.63) is 23.8 Å². The van der Waals surface area contributed by atoms with Crippen LogP contribution in [0.4, 0.5) is 0 Å². The van der Waals surface area contributed by atoms with Crippen LogP contribution >= 0.6 is 0 Å². The SMILES string of the molecule is CCCC/C=C\CCCCCCCCCCCC(=O)O[C@H]1CC[C@]23C[C@]24CC[C@]2(C)[C@@H]([C@H](C)CC/C=C(\C)C(=O)O)CC[C@@]2(C)[C@@H]4CC[C@H]3C1(C)C. The summed E-state index contributed by atoms with van der Waals surface area (Å²) in [6.45, 7) is 16.7. The van der Waals surface area contributed by atoms with E-state index in [1.165, 1.54) is 122 Å². The van der Waals surface area contributed by atoms with E-state index in [-0.39, 0.29) is 17.5 Å². The van der Waals surface area contributed by atoms with Gasteiger partial charge in [0.2, 0.25) is 0 Å². The molecule has 2 spiro atoms. The van der Waals surface area contributed by atoms with Gasteiger partial charge in [0.25, 0.3) is 0 Å². The summed E-state index contributed by atoms with van der Waals surface area (Å²) in [5, 5.41) is 9.31. The lowest BCUT2D eigenvalue weighted by molar-refractivity contribution is -0.183. The highest BCUT2D eigenvalue weighted by molar-refractivity contribution is 5.85. The largest absolute Gasteiger partial charge is 0.478 e. The fourth-order valence-corrected chi connectivity index (χ4v) is 13.9. The summed E-state index contributed by atoms with van der Waals surface area (Å²) in [5.74, 6) is 2.11. The van der Waals surface area contributed by atoms with Gasteiger partial charge in [-0.2, -0.15) is 0 Å². The van der Waals surface area contributed by atoms with Crippen molar-refractivity contribution >= 4 is 11.9 Å². The Kier molecular flexibility index (Phi) is 14.0. The Hall–Kier alpha value is -1.58. The van der Waals surface area contributed by atoms with Crippen LogP contribution in [-0.2, 0) is 14.3 Å². The Labute approximate surface area is 320 Å². The molecule has 0 aromatic carbocycles. The molecule has 9 atom stereocenters. The molecule has 1 N–H and O–H groups in total. The van der Waals surface area contributed by atoms with Gasteiger partial charge < -0.3 is 9.84 Å². The van der Waals surface area contributed by atoms with Crippen LogP contribution < -0.4 is 0 Å². The minimum Gasteiger partial charge on any atom is -0.478 e. The second kappa shape index (κ2) is 17.5. The average Bonchev–Trinajstić information content (AvgIpc) is 3.69. The van der Waals surface area contributed by atoms with Crippen LogP contribution in [0, 0.1) is 50.7 Å². The summed E-state index contributed by atoms with van der Waals surface area (Å²) in [6, 6.07) is 0. The maximum atomic E-state index is 13.2. The average molecular weight is 721 g/mol. The summed E-state index contributed by atoms with van der Waals surface area (Å²) >= 11 is 0. The molecule has 0 heterocycles. The van der Waals surface area contributed by atoms with Gasteiger partial charge in [-0.15, -0.1) is 0 Å². The fraction of sp³-hybridized carbons (Fsp3) is 0.875. The fourth-order valence-electron chi connectivity index (χ4n) is 13.9. The molecule has 52 heavy (non-hydrogen) atoms. The normalized spacial score (nSPS) is 36.8. The molecule has 296 valence electrons. The standard InChI is InChI=1S/C48H80O4/c1-8-9-10-11-12-13-14-15-16-17-18-19-20-21-22-26-42(49)52-41-30-32-47-35-48(47)34-33-45(6)38(36(2)24-23-25-37(3)43(50)51)29-31-46(45,7)40(48)28-27-39(47)44(41,4)5/h11-12,25,36,38-41H,8-10,13-24,26-35H2,1-7H3,(H,50,51)/b12-11-,37-25+/t36-,38-,39+,40+,41+,45-,46+,47-,48+/m1/s1. The van der Waals surface area contributed by atoms with E-state index in [2.05, 4.69) is 53.7 Å². The molecule has 5 saturated carbocycles. The van der Waals surface area contributed by atoms with Gasteiger partial charge in [-0.1, -0.05) is 118 Å². The van der Waals surface area contributed by atoms with Crippen molar-refractivity contribution in [3.8, 4) is 0 Å². The molecule has 0 bridgehead atoms. The number of carboxylic acids is 1. The predicted molar refractivity (Wildman–Crippen MR) is 216 cm³/mol. The number of unbranched alkanes of at least 4 members (excludes halogenated alkanes) is 11. The molecule has 5 aliphatic rings. The number of esters is 1. The first-order chi connectivity index (χ1) is 24.8. The molecule has 0 aromatic heterocycles. The molecule has 0 amide bonds. The van der Waals surface area contributed by atoms with Crippen LogP contribution in [0.25, 0.3) is 0 Å². The lowest BCUT2D eigenvalue weighted by Crippen LogP contribution is -2.58. The van der Waals surface area contributed by atoms with E-state index in [1.54, 1.807) is 6.92 Å². The molecule has 0 saturated heterocycles. The second-order valence-electron chi connectivity index (χ2n) is 20.1. The Morgan fingerprint density at radius 2 is 1.35 bits per heavy atom. The Balaban J connectivity index is 1.04. The third kappa shape index (κ3) is 8.17. The number of hydrogen-bond donors (Lipinski definition) is 1. The maximum absolute atomic E-state index is 13.2. The first-order valence-corrected chi connectivity index (χ1v) is 22.5. The third-order valence-electron chi connectivity index (χ3n) is 17.1. The first-order valence-electron chi connectivity index (χ1n) is 22.5. The molecular weight excluding hydrogens is 641 g/mol. The van der Waals surface area contributed by atoms with Crippen LogP contribution in [-0.4, -0.2) is 23.1 Å². The Morgan fingerprint density at radius 1 is 0.731 bits per heavy atom. The molecule has 0 aromatic rings. The molecule has 0 unspecified atom stereocenters. The van der Waals surface area contributed by atoms with Crippen LogP contribution in [0.15, 0.2) is 23.8 Å². The van der Waals surface area contributed by atoms with Gasteiger partial charge in [0, 0.05) is 17.4 Å². The molecule has 4 nitrogen and oxygen atoms in total. The van der Waals surface area contributed by atoms with Gasteiger partial charge >= 0.3 is 11.9 Å². The van der Waals surface area contributed by atoms with E-state index >= 15 is 0 Å². The highest BCUT2D eigenvalue weighted by Crippen LogP contribution is 2.89. The number of carboxylic acid groups (broad SMARTS) is 1. The van der Waals surface area contributed by atoms with Crippen molar-refractivity contribution in [3.63, 3.8) is 0 Å². The molecule has 0 aliphatic heterocycles. The quantitative estimate of drug-likeness (QED) is 0.0555. The van der Waals surface area contributed by atoms with Crippen molar-refractivity contribution in [2.75, 3.05) is 0 Å². The number of fused-ring (bicyclic) bond motifs is 2. The second-order valence-corrected chi connectivity index (χ2v) is 20.1. The maximum Gasteiger partial charge on any atom is 0.330 e. The minimum atomic E-state index is -0.788. The highest BCUT2D eigenvalue weighted by atomic mass is 16.5. The topological polar surface area (TPSA) is 63.6 Å². The summed E-state index contributed by atoms with van der Waals surface area (Å²) in [4.78, 5) is 24.5. The van der Waals surface area contributed by atoms with Gasteiger partial charge in [0.15, 0.2) is 0 Å². The molecule has 5 rings (SSSR count). The van der Waals surface area contributed by atoms with Crippen LogP contribution in [0.3, 0.4) is 0 Å². The number of aliphatic carboxylic acids is 1. The van der Waals surface area contributed by atoms with Crippen LogP contribution in [0.2, 0.25) is 0 Å². The first kappa shape index (κ1) is 41.6. The molecular formula is C48H80O4.